The van der Waals surface area contributed by atoms with Crippen LogP contribution < -0.4 is 0 Å². The average molecular weight is 335 g/mol. The maximum Gasteiger partial charge on any atom is 0.306 e. The van der Waals surface area contributed by atoms with Gasteiger partial charge in [0.25, 0.3) is 0 Å². The van der Waals surface area contributed by atoms with Crippen LogP contribution in [-0.4, -0.2) is 18.2 Å². The van der Waals surface area contributed by atoms with Gasteiger partial charge in [0, 0.05) is 16.0 Å². The summed E-state index contributed by atoms with van der Waals surface area (Å²) in [6, 6.07) is 14.8. The summed E-state index contributed by atoms with van der Waals surface area (Å²) in [6.45, 7) is 0. The lowest BCUT2D eigenvalue weighted by atomic mass is 9.88. The Balaban J connectivity index is 2.46. The van der Waals surface area contributed by atoms with Crippen molar-refractivity contribution in [3.63, 3.8) is 0 Å². The third kappa shape index (κ3) is 3.39. The van der Waals surface area contributed by atoms with Crippen molar-refractivity contribution in [2.24, 2.45) is 0 Å². The van der Waals surface area contributed by atoms with Crippen LogP contribution in [0.1, 0.15) is 23.5 Å². The summed E-state index contributed by atoms with van der Waals surface area (Å²) in [5, 5.41) is 10.1. The lowest BCUT2D eigenvalue weighted by molar-refractivity contribution is -0.140. The Kier molecular flexibility index (Phi) is 4.79. The lowest BCUT2D eigenvalue weighted by Gasteiger charge is -2.18. The molecule has 3 nitrogen and oxygen atoms in total. The molecule has 0 heterocycles. The van der Waals surface area contributed by atoms with E-state index in [1.54, 1.807) is 12.1 Å². The molecule has 0 aliphatic heterocycles. The van der Waals surface area contributed by atoms with E-state index >= 15 is 0 Å². The van der Waals surface area contributed by atoms with Crippen LogP contribution in [0, 0.1) is 0 Å². The highest BCUT2D eigenvalue weighted by Crippen LogP contribution is 2.35. The fourth-order valence-electron chi connectivity index (χ4n) is 2.15. The summed E-state index contributed by atoms with van der Waals surface area (Å²) in [6.07, 6.45) is 0.185. The molecule has 1 unspecified atom stereocenters. The number of esters is 1. The van der Waals surface area contributed by atoms with E-state index in [1.807, 2.05) is 36.4 Å². The standard InChI is InChI=1S/C16H15BrO3/c1-20-16(19)10-13(11-5-3-2-4-6-11)14-9-12(17)7-8-15(14)18/h2-9,13,18H,10H2,1H3. The van der Waals surface area contributed by atoms with Crippen LogP contribution in [0.2, 0.25) is 0 Å². The van der Waals surface area contributed by atoms with Gasteiger partial charge >= 0.3 is 5.97 Å². The van der Waals surface area contributed by atoms with Crippen molar-refractivity contribution >= 4 is 21.9 Å². The van der Waals surface area contributed by atoms with Crippen molar-refractivity contribution in [2.45, 2.75) is 12.3 Å². The number of hydrogen-bond acceptors (Lipinski definition) is 3. The fraction of sp³-hybridized carbons (Fsp3) is 0.188. The Bertz CT molecular complexity index is 596. The van der Waals surface area contributed by atoms with Crippen molar-refractivity contribution in [1.82, 2.24) is 0 Å². The van der Waals surface area contributed by atoms with Crippen LogP contribution in [0.15, 0.2) is 53.0 Å². The number of hydrogen-bond donors (Lipinski definition) is 1. The molecule has 20 heavy (non-hydrogen) atoms. The zero-order valence-corrected chi connectivity index (χ0v) is 12.6. The molecule has 2 rings (SSSR count). The van der Waals surface area contributed by atoms with Crippen molar-refractivity contribution in [1.29, 1.82) is 0 Å². The maximum atomic E-state index is 11.6. The number of carbonyl (C=O) groups is 1. The number of phenolic OH excluding ortho intramolecular Hbond substituents is 1. The Morgan fingerprint density at radius 1 is 1.25 bits per heavy atom. The molecule has 0 saturated heterocycles. The van der Waals surface area contributed by atoms with E-state index < -0.39 is 0 Å². The van der Waals surface area contributed by atoms with Gasteiger partial charge in [-0.25, -0.2) is 0 Å². The first-order valence-corrected chi connectivity index (χ1v) is 7.01. The van der Waals surface area contributed by atoms with Gasteiger partial charge in [-0.05, 0) is 23.8 Å². The predicted molar refractivity (Wildman–Crippen MR) is 80.7 cm³/mol. The molecule has 1 N–H and O–H groups in total. The number of halogens is 1. The van der Waals surface area contributed by atoms with Crippen molar-refractivity contribution in [2.75, 3.05) is 7.11 Å². The van der Waals surface area contributed by atoms with Crippen LogP contribution in [0.5, 0.6) is 5.75 Å². The van der Waals surface area contributed by atoms with Crippen LogP contribution >= 0.6 is 15.9 Å². The molecule has 0 aromatic heterocycles. The number of rotatable bonds is 4. The summed E-state index contributed by atoms with van der Waals surface area (Å²) in [5.74, 6) is -0.370. The van der Waals surface area contributed by atoms with E-state index in [-0.39, 0.29) is 24.1 Å². The first-order valence-electron chi connectivity index (χ1n) is 6.22. The van der Waals surface area contributed by atoms with Gasteiger partial charge in [0.15, 0.2) is 0 Å². The highest BCUT2D eigenvalue weighted by Gasteiger charge is 2.21. The van der Waals surface area contributed by atoms with Crippen LogP contribution in [0.25, 0.3) is 0 Å². The summed E-state index contributed by atoms with van der Waals surface area (Å²) >= 11 is 3.39. The monoisotopic (exact) mass is 334 g/mol. The highest BCUT2D eigenvalue weighted by molar-refractivity contribution is 9.10. The molecule has 104 valence electrons. The third-order valence-corrected chi connectivity index (χ3v) is 3.66. The quantitative estimate of drug-likeness (QED) is 0.864. The topological polar surface area (TPSA) is 46.5 Å². The first-order chi connectivity index (χ1) is 9.61. The summed E-state index contributed by atoms with van der Waals surface area (Å²) in [5.41, 5.74) is 1.67. The molecular weight excluding hydrogens is 320 g/mol. The summed E-state index contributed by atoms with van der Waals surface area (Å²) < 4.78 is 5.62. The summed E-state index contributed by atoms with van der Waals surface area (Å²) in [4.78, 5) is 11.6. The smallest absolute Gasteiger partial charge is 0.306 e. The zero-order chi connectivity index (χ0) is 14.5. The second-order valence-electron chi connectivity index (χ2n) is 4.45. The number of aromatic hydroxyl groups is 1. The minimum absolute atomic E-state index is 0.172. The maximum absolute atomic E-state index is 11.6. The van der Waals surface area contributed by atoms with E-state index in [0.29, 0.717) is 5.56 Å². The average Bonchev–Trinajstić information content (AvgIpc) is 2.48. The molecule has 0 spiro atoms. The Hall–Kier alpha value is -1.81. The second kappa shape index (κ2) is 6.57. The molecule has 0 aliphatic carbocycles. The van der Waals surface area contributed by atoms with E-state index in [4.69, 9.17) is 4.74 Å². The van der Waals surface area contributed by atoms with E-state index in [1.165, 1.54) is 7.11 Å². The van der Waals surface area contributed by atoms with Gasteiger partial charge in [-0.1, -0.05) is 46.3 Å². The zero-order valence-electron chi connectivity index (χ0n) is 11.0. The van der Waals surface area contributed by atoms with Crippen molar-refractivity contribution in [3.8, 4) is 5.75 Å². The highest BCUT2D eigenvalue weighted by atomic mass is 79.9. The van der Waals surface area contributed by atoms with Gasteiger partial charge in [0.2, 0.25) is 0 Å². The van der Waals surface area contributed by atoms with Crippen molar-refractivity contribution < 1.29 is 14.6 Å². The minimum Gasteiger partial charge on any atom is -0.508 e. The molecule has 0 saturated carbocycles. The number of methoxy groups -OCH3 is 1. The molecule has 0 amide bonds. The second-order valence-corrected chi connectivity index (χ2v) is 5.36. The van der Waals surface area contributed by atoms with Crippen LogP contribution in [-0.2, 0) is 9.53 Å². The predicted octanol–water partition coefficient (Wildman–Crippen LogP) is 3.85. The number of benzene rings is 2. The van der Waals surface area contributed by atoms with Gasteiger partial charge in [-0.3, -0.25) is 4.79 Å². The van der Waals surface area contributed by atoms with Gasteiger partial charge in [-0.2, -0.15) is 0 Å². The largest absolute Gasteiger partial charge is 0.508 e. The molecule has 2 aromatic rings. The van der Waals surface area contributed by atoms with Crippen LogP contribution in [0.4, 0.5) is 0 Å². The molecule has 0 aliphatic rings. The third-order valence-electron chi connectivity index (χ3n) is 3.17. The van der Waals surface area contributed by atoms with Gasteiger partial charge < -0.3 is 9.84 Å². The van der Waals surface area contributed by atoms with E-state index in [9.17, 15) is 9.90 Å². The van der Waals surface area contributed by atoms with Gasteiger partial charge in [0.05, 0.1) is 13.5 Å². The normalized spacial score (nSPS) is 11.9. The van der Waals surface area contributed by atoms with Gasteiger partial charge in [0.1, 0.15) is 5.75 Å². The minimum atomic E-state index is -0.307. The number of carbonyl (C=O) groups excluding carboxylic acids is 1. The molecular formula is C16H15BrO3. The number of phenols is 1. The fourth-order valence-corrected chi connectivity index (χ4v) is 2.53. The Morgan fingerprint density at radius 3 is 2.60 bits per heavy atom. The molecule has 0 bridgehead atoms. The van der Waals surface area contributed by atoms with Crippen LogP contribution in [0.3, 0.4) is 0 Å². The van der Waals surface area contributed by atoms with Gasteiger partial charge in [-0.15, -0.1) is 0 Å². The summed E-state index contributed by atoms with van der Waals surface area (Å²) in [7, 11) is 1.37. The molecule has 0 radical (unpaired) electrons. The van der Waals surface area contributed by atoms with Crippen molar-refractivity contribution in [3.05, 3.63) is 64.1 Å². The Labute approximate surface area is 126 Å². The Morgan fingerprint density at radius 2 is 1.95 bits per heavy atom. The first kappa shape index (κ1) is 14.6. The molecule has 4 heteroatoms. The SMILES string of the molecule is COC(=O)CC(c1ccccc1)c1cc(Br)ccc1O. The molecule has 0 fully saturated rings. The number of ether oxygens (including phenoxy) is 1. The lowest BCUT2D eigenvalue weighted by Crippen LogP contribution is -2.10. The van der Waals surface area contributed by atoms with E-state index in [2.05, 4.69) is 15.9 Å². The molecule has 1 atom stereocenters. The molecule has 2 aromatic carbocycles. The van der Waals surface area contributed by atoms with E-state index in [0.717, 1.165) is 10.0 Å².